The third-order valence-corrected chi connectivity index (χ3v) is 5.90. The van der Waals surface area contributed by atoms with Gasteiger partial charge in [-0.25, -0.2) is 0 Å². The highest BCUT2D eigenvalue weighted by molar-refractivity contribution is 8.00. The van der Waals surface area contributed by atoms with Crippen LogP contribution >= 0.6 is 11.8 Å². The van der Waals surface area contributed by atoms with Crippen LogP contribution < -0.4 is 5.32 Å². The summed E-state index contributed by atoms with van der Waals surface area (Å²) in [5.74, 6) is 2.61. The van der Waals surface area contributed by atoms with Gasteiger partial charge in [0.05, 0.1) is 0 Å². The van der Waals surface area contributed by atoms with Gasteiger partial charge in [0, 0.05) is 11.9 Å². The molecule has 0 amide bonds. The lowest BCUT2D eigenvalue weighted by Gasteiger charge is -2.32. The fourth-order valence-corrected chi connectivity index (χ4v) is 5.17. The zero-order valence-electron chi connectivity index (χ0n) is 13.6. The summed E-state index contributed by atoms with van der Waals surface area (Å²) in [4.78, 5) is 0. The predicted molar refractivity (Wildman–Crippen MR) is 89.2 cm³/mol. The summed E-state index contributed by atoms with van der Waals surface area (Å²) in [7, 11) is 0. The topological polar surface area (TPSA) is 21.3 Å². The van der Waals surface area contributed by atoms with Crippen LogP contribution in [0.15, 0.2) is 0 Å². The first kappa shape index (κ1) is 16.6. The van der Waals surface area contributed by atoms with Crippen LogP contribution in [0, 0.1) is 17.8 Å². The van der Waals surface area contributed by atoms with E-state index in [0.717, 1.165) is 29.6 Å². The first-order chi connectivity index (χ1) is 9.63. The first-order valence-electron chi connectivity index (χ1n) is 8.61. The molecule has 2 saturated heterocycles. The lowest BCUT2D eigenvalue weighted by Crippen LogP contribution is -2.32. The molecule has 0 spiro atoms. The Morgan fingerprint density at radius 2 is 2.00 bits per heavy atom. The Kier molecular flexibility index (Phi) is 7.20. The molecule has 118 valence electrons. The van der Waals surface area contributed by atoms with E-state index >= 15 is 0 Å². The van der Waals surface area contributed by atoms with Crippen molar-refractivity contribution in [2.75, 3.05) is 19.7 Å². The molecule has 0 radical (unpaired) electrons. The molecule has 0 aromatic heterocycles. The van der Waals surface area contributed by atoms with Gasteiger partial charge in [0.25, 0.3) is 0 Å². The quantitative estimate of drug-likeness (QED) is 0.790. The molecule has 0 aliphatic carbocycles. The van der Waals surface area contributed by atoms with E-state index in [2.05, 4.69) is 37.8 Å². The molecule has 0 aromatic rings. The number of rotatable bonds is 6. The zero-order valence-corrected chi connectivity index (χ0v) is 14.4. The van der Waals surface area contributed by atoms with Crippen LogP contribution in [0.5, 0.6) is 0 Å². The standard InChI is InChI=1S/C17H33NOS/c1-13(2)9-15-6-8-19-17(11-15)20-14(3)10-16-5-4-7-18-12-16/h13-18H,4-12H2,1-3H3. The number of nitrogens with one attached hydrogen (secondary N) is 1. The van der Waals surface area contributed by atoms with Crippen LogP contribution in [-0.4, -0.2) is 30.4 Å². The summed E-state index contributed by atoms with van der Waals surface area (Å²) in [5, 5.41) is 4.27. The minimum atomic E-state index is 0.457. The monoisotopic (exact) mass is 299 g/mol. The molecule has 1 N–H and O–H groups in total. The van der Waals surface area contributed by atoms with E-state index in [9.17, 15) is 0 Å². The summed E-state index contributed by atoms with van der Waals surface area (Å²) in [6.07, 6.45) is 8.05. The van der Waals surface area contributed by atoms with Gasteiger partial charge in [0.15, 0.2) is 0 Å². The van der Waals surface area contributed by atoms with Gasteiger partial charge < -0.3 is 10.1 Å². The normalized spacial score (nSPS) is 33.3. The Balaban J connectivity index is 1.68. The van der Waals surface area contributed by atoms with Crippen molar-refractivity contribution in [2.24, 2.45) is 17.8 Å². The molecule has 2 rings (SSSR count). The number of thioether (sulfide) groups is 1. The minimum Gasteiger partial charge on any atom is -0.368 e. The molecule has 2 aliphatic heterocycles. The van der Waals surface area contributed by atoms with Crippen LogP contribution in [0.3, 0.4) is 0 Å². The summed E-state index contributed by atoms with van der Waals surface area (Å²) in [6, 6.07) is 0. The number of hydrogen-bond acceptors (Lipinski definition) is 3. The second-order valence-corrected chi connectivity index (χ2v) is 8.82. The molecule has 2 aliphatic rings. The molecule has 0 aromatic carbocycles. The Labute approximate surface area is 129 Å². The van der Waals surface area contributed by atoms with Crippen LogP contribution in [0.25, 0.3) is 0 Å². The Morgan fingerprint density at radius 1 is 1.15 bits per heavy atom. The number of ether oxygens (including phenoxy) is 1. The highest BCUT2D eigenvalue weighted by Crippen LogP contribution is 2.35. The lowest BCUT2D eigenvalue weighted by atomic mass is 9.91. The van der Waals surface area contributed by atoms with E-state index in [1.165, 1.54) is 51.6 Å². The van der Waals surface area contributed by atoms with Crippen molar-refractivity contribution < 1.29 is 4.74 Å². The van der Waals surface area contributed by atoms with Crippen molar-refractivity contribution in [3.8, 4) is 0 Å². The molecular formula is C17H33NOS. The molecule has 0 saturated carbocycles. The summed E-state index contributed by atoms with van der Waals surface area (Å²) < 4.78 is 6.00. The largest absolute Gasteiger partial charge is 0.368 e. The van der Waals surface area contributed by atoms with Crippen molar-refractivity contribution >= 4 is 11.8 Å². The predicted octanol–water partition coefficient (Wildman–Crippen LogP) is 4.30. The van der Waals surface area contributed by atoms with Gasteiger partial charge >= 0.3 is 0 Å². The maximum atomic E-state index is 6.00. The van der Waals surface area contributed by atoms with E-state index in [0.29, 0.717) is 5.44 Å². The van der Waals surface area contributed by atoms with Gasteiger partial charge in [-0.3, -0.25) is 0 Å². The van der Waals surface area contributed by atoms with Gasteiger partial charge in [-0.15, -0.1) is 11.8 Å². The van der Waals surface area contributed by atoms with E-state index in [1.807, 2.05) is 0 Å². The van der Waals surface area contributed by atoms with Gasteiger partial charge in [-0.05, 0) is 69.4 Å². The second-order valence-electron chi connectivity index (χ2n) is 7.22. The average molecular weight is 300 g/mol. The van der Waals surface area contributed by atoms with Crippen molar-refractivity contribution in [1.82, 2.24) is 5.32 Å². The summed E-state index contributed by atoms with van der Waals surface area (Å²) in [5.41, 5.74) is 0.457. The SMILES string of the molecule is CC(C)CC1CCOC(SC(C)CC2CCCNC2)C1. The maximum absolute atomic E-state index is 6.00. The van der Waals surface area contributed by atoms with Gasteiger partial charge in [-0.2, -0.15) is 0 Å². The fourth-order valence-electron chi connectivity index (χ4n) is 3.71. The molecule has 0 bridgehead atoms. The van der Waals surface area contributed by atoms with Crippen molar-refractivity contribution in [3.63, 3.8) is 0 Å². The van der Waals surface area contributed by atoms with Crippen LogP contribution in [0.2, 0.25) is 0 Å². The molecule has 3 heteroatoms. The molecule has 2 nitrogen and oxygen atoms in total. The van der Waals surface area contributed by atoms with E-state index in [1.54, 1.807) is 0 Å². The fraction of sp³-hybridized carbons (Fsp3) is 1.00. The highest BCUT2D eigenvalue weighted by atomic mass is 32.2. The van der Waals surface area contributed by atoms with Crippen molar-refractivity contribution in [3.05, 3.63) is 0 Å². The highest BCUT2D eigenvalue weighted by Gasteiger charge is 2.26. The molecule has 20 heavy (non-hydrogen) atoms. The molecule has 2 heterocycles. The Bertz CT molecular complexity index is 266. The summed E-state index contributed by atoms with van der Waals surface area (Å²) in [6.45, 7) is 10.5. The molecular weight excluding hydrogens is 266 g/mol. The molecule has 4 atom stereocenters. The van der Waals surface area contributed by atoms with E-state index < -0.39 is 0 Å². The van der Waals surface area contributed by atoms with Crippen LogP contribution in [0.4, 0.5) is 0 Å². The summed E-state index contributed by atoms with van der Waals surface area (Å²) >= 11 is 2.09. The van der Waals surface area contributed by atoms with Gasteiger partial charge in [-0.1, -0.05) is 20.8 Å². The lowest BCUT2D eigenvalue weighted by molar-refractivity contribution is 0.0380. The first-order valence-corrected chi connectivity index (χ1v) is 9.55. The number of piperidine rings is 1. The van der Waals surface area contributed by atoms with Gasteiger partial charge in [0.1, 0.15) is 5.44 Å². The average Bonchev–Trinajstić information content (AvgIpc) is 2.39. The van der Waals surface area contributed by atoms with Gasteiger partial charge in [0.2, 0.25) is 0 Å². The maximum Gasteiger partial charge on any atom is 0.103 e. The number of hydrogen-bond donors (Lipinski definition) is 1. The third kappa shape index (κ3) is 5.95. The zero-order chi connectivity index (χ0) is 14.4. The molecule has 2 fully saturated rings. The van der Waals surface area contributed by atoms with Crippen LogP contribution in [-0.2, 0) is 4.74 Å². The van der Waals surface area contributed by atoms with E-state index in [4.69, 9.17) is 4.74 Å². The minimum absolute atomic E-state index is 0.457. The second kappa shape index (κ2) is 8.65. The smallest absolute Gasteiger partial charge is 0.103 e. The third-order valence-electron chi connectivity index (χ3n) is 4.61. The Morgan fingerprint density at radius 3 is 2.70 bits per heavy atom. The molecule has 4 unspecified atom stereocenters. The van der Waals surface area contributed by atoms with Crippen molar-refractivity contribution in [2.45, 2.75) is 70.0 Å². The van der Waals surface area contributed by atoms with E-state index in [-0.39, 0.29) is 0 Å². The Hall–Kier alpha value is 0.270. The van der Waals surface area contributed by atoms with Crippen molar-refractivity contribution in [1.29, 1.82) is 0 Å². The van der Waals surface area contributed by atoms with Crippen LogP contribution in [0.1, 0.15) is 59.3 Å².